The zero-order valence-electron chi connectivity index (χ0n) is 10.8. The summed E-state index contributed by atoms with van der Waals surface area (Å²) >= 11 is 1.97. The molecule has 0 aromatic carbocycles. The van der Waals surface area contributed by atoms with Gasteiger partial charge in [-0.05, 0) is 25.0 Å². The monoisotopic (exact) mass is 282 g/mol. The van der Waals surface area contributed by atoms with Crippen LogP contribution >= 0.6 is 11.8 Å². The number of nitrogens with one attached hydrogen (secondary N) is 1. The number of pyridine rings is 1. The molecule has 0 spiro atoms. The van der Waals surface area contributed by atoms with E-state index in [1.165, 1.54) is 18.6 Å². The SMILES string of the molecule is CCSC1CCC(Nc2cc([N+](=O)[O-])cc(N)n2)C1. The Balaban J connectivity index is 2.01. The van der Waals surface area contributed by atoms with E-state index in [0.717, 1.165) is 18.6 Å². The Labute approximate surface area is 116 Å². The van der Waals surface area contributed by atoms with Crippen LogP contribution in [0.15, 0.2) is 12.1 Å². The second kappa shape index (κ2) is 6.10. The summed E-state index contributed by atoms with van der Waals surface area (Å²) in [6.07, 6.45) is 3.32. The van der Waals surface area contributed by atoms with E-state index in [2.05, 4.69) is 17.2 Å². The summed E-state index contributed by atoms with van der Waals surface area (Å²) in [5, 5.41) is 14.7. The van der Waals surface area contributed by atoms with Gasteiger partial charge in [-0.15, -0.1) is 0 Å². The summed E-state index contributed by atoms with van der Waals surface area (Å²) in [7, 11) is 0. The van der Waals surface area contributed by atoms with Gasteiger partial charge in [-0.2, -0.15) is 11.8 Å². The van der Waals surface area contributed by atoms with Crippen LogP contribution in [0.5, 0.6) is 0 Å². The van der Waals surface area contributed by atoms with E-state index in [-0.39, 0.29) is 11.5 Å². The lowest BCUT2D eigenvalue weighted by Gasteiger charge is -2.13. The number of aromatic nitrogens is 1. The molecule has 1 aliphatic carbocycles. The third-order valence-corrected chi connectivity index (χ3v) is 4.41. The molecule has 2 unspecified atom stereocenters. The van der Waals surface area contributed by atoms with Gasteiger partial charge in [0, 0.05) is 11.3 Å². The quantitative estimate of drug-likeness (QED) is 0.637. The lowest BCUT2D eigenvalue weighted by Crippen LogP contribution is -2.17. The van der Waals surface area contributed by atoms with E-state index >= 15 is 0 Å². The summed E-state index contributed by atoms with van der Waals surface area (Å²) in [5.74, 6) is 1.80. The van der Waals surface area contributed by atoms with Crippen LogP contribution in [-0.2, 0) is 0 Å². The van der Waals surface area contributed by atoms with E-state index in [1.807, 2.05) is 11.8 Å². The van der Waals surface area contributed by atoms with E-state index in [9.17, 15) is 10.1 Å². The number of nitrogen functional groups attached to an aromatic ring is 1. The number of hydrogen-bond acceptors (Lipinski definition) is 6. The molecule has 2 atom stereocenters. The Morgan fingerprint density at radius 1 is 1.58 bits per heavy atom. The topological polar surface area (TPSA) is 94.1 Å². The number of nitrogens with two attached hydrogens (primary N) is 1. The number of hydrogen-bond donors (Lipinski definition) is 2. The van der Waals surface area contributed by atoms with Crippen molar-refractivity contribution in [3.63, 3.8) is 0 Å². The van der Waals surface area contributed by atoms with Gasteiger partial charge < -0.3 is 11.1 Å². The molecule has 1 heterocycles. The van der Waals surface area contributed by atoms with Gasteiger partial charge in [-0.1, -0.05) is 6.92 Å². The molecule has 1 aromatic rings. The van der Waals surface area contributed by atoms with Gasteiger partial charge in [0.25, 0.3) is 5.69 Å². The van der Waals surface area contributed by atoms with Crippen LogP contribution in [0.1, 0.15) is 26.2 Å². The average molecular weight is 282 g/mol. The van der Waals surface area contributed by atoms with Crippen LogP contribution in [0.25, 0.3) is 0 Å². The van der Waals surface area contributed by atoms with Crippen molar-refractivity contribution in [2.75, 3.05) is 16.8 Å². The molecule has 1 aromatic heterocycles. The maximum absolute atomic E-state index is 10.8. The molecule has 0 saturated heterocycles. The van der Waals surface area contributed by atoms with Crippen molar-refractivity contribution in [1.82, 2.24) is 4.98 Å². The van der Waals surface area contributed by atoms with Crippen molar-refractivity contribution >= 4 is 29.1 Å². The van der Waals surface area contributed by atoms with Gasteiger partial charge in [-0.25, -0.2) is 4.98 Å². The van der Waals surface area contributed by atoms with Gasteiger partial charge in [0.1, 0.15) is 11.6 Å². The zero-order chi connectivity index (χ0) is 13.8. The molecule has 1 aliphatic rings. The average Bonchev–Trinajstić information content (AvgIpc) is 2.76. The normalized spacial score (nSPS) is 22.4. The van der Waals surface area contributed by atoms with Crippen molar-refractivity contribution in [3.8, 4) is 0 Å². The molecule has 1 fully saturated rings. The molecule has 6 nitrogen and oxygen atoms in total. The van der Waals surface area contributed by atoms with Crippen molar-refractivity contribution in [2.45, 2.75) is 37.5 Å². The minimum Gasteiger partial charge on any atom is -0.383 e. The van der Waals surface area contributed by atoms with Crippen LogP contribution in [-0.4, -0.2) is 27.0 Å². The van der Waals surface area contributed by atoms with Gasteiger partial charge in [0.2, 0.25) is 0 Å². The summed E-state index contributed by atoms with van der Waals surface area (Å²) in [6.45, 7) is 2.16. The number of thioether (sulfide) groups is 1. The molecule has 3 N–H and O–H groups in total. The third-order valence-electron chi connectivity index (χ3n) is 3.18. The smallest absolute Gasteiger partial charge is 0.276 e. The highest BCUT2D eigenvalue weighted by atomic mass is 32.2. The Morgan fingerprint density at radius 2 is 2.37 bits per heavy atom. The fourth-order valence-corrected chi connectivity index (χ4v) is 3.53. The van der Waals surface area contributed by atoms with Crippen molar-refractivity contribution < 1.29 is 4.92 Å². The number of rotatable bonds is 5. The maximum atomic E-state index is 10.8. The summed E-state index contributed by atoms with van der Waals surface area (Å²) in [6, 6.07) is 3.05. The molecule has 0 bridgehead atoms. The molecular weight excluding hydrogens is 264 g/mol. The zero-order valence-corrected chi connectivity index (χ0v) is 11.7. The molecule has 0 radical (unpaired) electrons. The predicted molar refractivity (Wildman–Crippen MR) is 78.5 cm³/mol. The van der Waals surface area contributed by atoms with Gasteiger partial charge in [0.05, 0.1) is 17.1 Å². The largest absolute Gasteiger partial charge is 0.383 e. The predicted octanol–water partition coefficient (Wildman–Crippen LogP) is 2.66. The molecule has 0 aliphatic heterocycles. The highest BCUT2D eigenvalue weighted by molar-refractivity contribution is 7.99. The first-order valence-electron chi connectivity index (χ1n) is 6.38. The van der Waals surface area contributed by atoms with Crippen molar-refractivity contribution in [1.29, 1.82) is 0 Å². The van der Waals surface area contributed by atoms with E-state index in [0.29, 0.717) is 17.1 Å². The maximum Gasteiger partial charge on any atom is 0.276 e. The molecular formula is C12H18N4O2S. The molecule has 2 rings (SSSR count). The summed E-state index contributed by atoms with van der Waals surface area (Å²) in [5.41, 5.74) is 5.57. The lowest BCUT2D eigenvalue weighted by atomic mass is 10.2. The Kier molecular flexibility index (Phi) is 4.47. The summed E-state index contributed by atoms with van der Waals surface area (Å²) in [4.78, 5) is 14.4. The lowest BCUT2D eigenvalue weighted by molar-refractivity contribution is -0.384. The Bertz CT molecular complexity index is 469. The second-order valence-corrected chi connectivity index (χ2v) is 6.20. The standard InChI is InChI=1S/C12H18N4O2S/c1-2-19-10-4-3-8(5-10)14-12-7-9(16(17)18)6-11(13)15-12/h6-8,10H,2-5H2,1H3,(H3,13,14,15). The van der Waals surface area contributed by atoms with Crippen LogP contribution in [0, 0.1) is 10.1 Å². The van der Waals surface area contributed by atoms with Crippen LogP contribution in [0.4, 0.5) is 17.3 Å². The second-order valence-electron chi connectivity index (χ2n) is 4.62. The van der Waals surface area contributed by atoms with Crippen LogP contribution in [0.3, 0.4) is 0 Å². The number of nitro groups is 1. The third kappa shape index (κ3) is 3.73. The van der Waals surface area contributed by atoms with Crippen LogP contribution < -0.4 is 11.1 Å². The Hall–Kier alpha value is -1.50. The molecule has 19 heavy (non-hydrogen) atoms. The minimum atomic E-state index is -0.451. The fraction of sp³-hybridized carbons (Fsp3) is 0.583. The van der Waals surface area contributed by atoms with E-state index < -0.39 is 4.92 Å². The van der Waals surface area contributed by atoms with E-state index in [1.54, 1.807) is 0 Å². The first-order chi connectivity index (χ1) is 9.08. The first-order valence-corrected chi connectivity index (χ1v) is 7.43. The highest BCUT2D eigenvalue weighted by Gasteiger charge is 2.25. The summed E-state index contributed by atoms with van der Waals surface area (Å²) < 4.78 is 0. The first kappa shape index (κ1) is 13.9. The number of anilines is 2. The Morgan fingerprint density at radius 3 is 3.05 bits per heavy atom. The van der Waals surface area contributed by atoms with Crippen molar-refractivity contribution in [3.05, 3.63) is 22.2 Å². The molecule has 0 amide bonds. The van der Waals surface area contributed by atoms with Gasteiger partial charge >= 0.3 is 0 Å². The minimum absolute atomic E-state index is 0.0209. The number of nitrogens with zero attached hydrogens (tertiary/aromatic N) is 2. The van der Waals surface area contributed by atoms with Crippen molar-refractivity contribution in [2.24, 2.45) is 0 Å². The van der Waals surface area contributed by atoms with Gasteiger partial charge in [0.15, 0.2) is 0 Å². The van der Waals surface area contributed by atoms with Gasteiger partial charge in [-0.3, -0.25) is 10.1 Å². The molecule has 1 saturated carbocycles. The molecule has 104 valence electrons. The molecule has 7 heteroatoms. The van der Waals surface area contributed by atoms with Crippen LogP contribution in [0.2, 0.25) is 0 Å². The van der Waals surface area contributed by atoms with E-state index in [4.69, 9.17) is 5.73 Å². The highest BCUT2D eigenvalue weighted by Crippen LogP contribution is 2.31. The fourth-order valence-electron chi connectivity index (χ4n) is 2.38.